The second-order valence-electron chi connectivity index (χ2n) is 7.68. The van der Waals surface area contributed by atoms with E-state index < -0.39 is 0 Å². The number of hydrogen-bond donors (Lipinski definition) is 0. The minimum Gasteiger partial charge on any atom is -0.144 e. The summed E-state index contributed by atoms with van der Waals surface area (Å²) >= 11 is 5.75. The predicted molar refractivity (Wildman–Crippen MR) is 127 cm³/mol. The maximum Gasteiger partial charge on any atom is 0.0964 e. The molecule has 0 saturated heterocycles. The lowest BCUT2D eigenvalue weighted by molar-refractivity contribution is 0.763. The maximum absolute atomic E-state index is 2.49. The van der Waals surface area contributed by atoms with Crippen LogP contribution in [0.25, 0.3) is 10.5 Å². The lowest BCUT2D eigenvalue weighted by Gasteiger charge is -2.48. The van der Waals surface area contributed by atoms with Crippen LogP contribution in [-0.4, -0.2) is 0 Å². The van der Waals surface area contributed by atoms with Crippen LogP contribution < -0.4 is 0 Å². The molecule has 2 aromatic heterocycles. The van der Waals surface area contributed by atoms with Gasteiger partial charge in [0.2, 0.25) is 0 Å². The van der Waals surface area contributed by atoms with Gasteiger partial charge in [-0.25, -0.2) is 0 Å². The van der Waals surface area contributed by atoms with Crippen LogP contribution >= 0.6 is 34.4 Å². The Balaban J connectivity index is 1.63. The molecule has 0 N–H and O–H groups in total. The van der Waals surface area contributed by atoms with Gasteiger partial charge in [-0.15, -0.1) is 34.4 Å². The van der Waals surface area contributed by atoms with E-state index in [0.717, 1.165) is 0 Å². The van der Waals surface area contributed by atoms with Gasteiger partial charge in [0.15, 0.2) is 0 Å². The molecule has 1 aliphatic heterocycles. The van der Waals surface area contributed by atoms with E-state index in [0.29, 0.717) is 5.92 Å². The maximum atomic E-state index is 2.49. The van der Waals surface area contributed by atoms with E-state index in [2.05, 4.69) is 89.6 Å². The van der Waals surface area contributed by atoms with Crippen molar-refractivity contribution in [2.24, 2.45) is 0 Å². The Labute approximate surface area is 182 Å². The molecule has 0 fully saturated rings. The first-order chi connectivity index (χ1) is 14.4. The minimum atomic E-state index is -0.138. The van der Waals surface area contributed by atoms with Gasteiger partial charge in [0.1, 0.15) is 0 Å². The Morgan fingerprint density at radius 3 is 1.90 bits per heavy atom. The van der Waals surface area contributed by atoms with Crippen molar-refractivity contribution in [3.8, 4) is 0 Å². The minimum absolute atomic E-state index is 0.138. The highest BCUT2D eigenvalue weighted by Gasteiger charge is 2.56. The molecule has 4 aromatic rings. The number of allylic oxidation sites excluding steroid dienone is 2. The fraction of sp³-hybridized carbons (Fsp3) is 0.0769. The average molecular weight is 425 g/mol. The highest BCUT2D eigenvalue weighted by atomic mass is 32.2. The molecule has 0 atom stereocenters. The van der Waals surface area contributed by atoms with Crippen LogP contribution in [-0.2, 0) is 4.75 Å². The van der Waals surface area contributed by atoms with E-state index in [1.54, 1.807) is 0 Å². The Hall–Kier alpha value is -2.33. The van der Waals surface area contributed by atoms with Crippen LogP contribution in [0.1, 0.15) is 37.9 Å². The van der Waals surface area contributed by atoms with Gasteiger partial charge < -0.3 is 0 Å². The van der Waals surface area contributed by atoms with Gasteiger partial charge in [-0.05, 0) is 62.4 Å². The molecule has 2 aromatic carbocycles. The standard InChI is InChI=1S/C26H16S3/c1-3-9-18-16(7-1)24-17-8-2-4-10-19(17)26(18)20(25(24)22-12-6-14-28-22)15-23(29-26)21-11-5-13-27-21/h1-15,24H. The van der Waals surface area contributed by atoms with Gasteiger partial charge >= 0.3 is 0 Å². The topological polar surface area (TPSA) is 0 Å². The highest BCUT2D eigenvalue weighted by molar-refractivity contribution is 8.10. The van der Waals surface area contributed by atoms with Crippen LogP contribution in [0.4, 0.5) is 0 Å². The fourth-order valence-electron chi connectivity index (χ4n) is 5.31. The normalized spacial score (nSPS) is 23.6. The summed E-state index contributed by atoms with van der Waals surface area (Å²) in [6.45, 7) is 0. The van der Waals surface area contributed by atoms with Crippen LogP contribution in [0, 0.1) is 0 Å². The first-order valence-electron chi connectivity index (χ1n) is 9.80. The van der Waals surface area contributed by atoms with Gasteiger partial charge in [-0.1, -0.05) is 60.7 Å². The number of rotatable bonds is 2. The number of thiophene rings is 2. The molecule has 4 aliphatic rings. The monoisotopic (exact) mass is 424 g/mol. The second-order valence-corrected chi connectivity index (χ2v) is 10.8. The zero-order valence-corrected chi connectivity index (χ0v) is 17.9. The summed E-state index contributed by atoms with van der Waals surface area (Å²) in [4.78, 5) is 4.18. The molecule has 8 rings (SSSR count). The number of benzene rings is 2. The number of thioether (sulfide) groups is 1. The first-order valence-corrected chi connectivity index (χ1v) is 12.4. The summed E-state index contributed by atoms with van der Waals surface area (Å²) in [7, 11) is 0. The molecular weight excluding hydrogens is 408 g/mol. The molecule has 0 saturated carbocycles. The molecular formula is C26H16S3. The molecule has 0 nitrogen and oxygen atoms in total. The van der Waals surface area contributed by atoms with E-state index in [9.17, 15) is 0 Å². The molecule has 3 aliphatic carbocycles. The van der Waals surface area contributed by atoms with Crippen molar-refractivity contribution in [3.05, 3.63) is 127 Å². The summed E-state index contributed by atoms with van der Waals surface area (Å²) < 4.78 is -0.138. The highest BCUT2D eigenvalue weighted by Crippen LogP contribution is 2.71. The summed E-state index contributed by atoms with van der Waals surface area (Å²) in [6, 6.07) is 27.2. The van der Waals surface area contributed by atoms with Crippen molar-refractivity contribution in [3.63, 3.8) is 0 Å². The van der Waals surface area contributed by atoms with Crippen molar-refractivity contribution in [1.82, 2.24) is 0 Å². The Morgan fingerprint density at radius 2 is 1.28 bits per heavy atom. The van der Waals surface area contributed by atoms with Crippen molar-refractivity contribution in [1.29, 1.82) is 0 Å². The lowest BCUT2D eigenvalue weighted by Crippen LogP contribution is -2.37. The zero-order chi connectivity index (χ0) is 19.0. The van der Waals surface area contributed by atoms with E-state index in [4.69, 9.17) is 0 Å². The van der Waals surface area contributed by atoms with Crippen LogP contribution in [0.3, 0.4) is 0 Å². The van der Waals surface area contributed by atoms with Gasteiger partial charge in [0.25, 0.3) is 0 Å². The van der Waals surface area contributed by atoms with E-state index in [1.807, 2.05) is 34.4 Å². The van der Waals surface area contributed by atoms with Crippen molar-refractivity contribution < 1.29 is 0 Å². The molecule has 0 amide bonds. The van der Waals surface area contributed by atoms with Gasteiger partial charge in [-0.2, -0.15) is 0 Å². The zero-order valence-electron chi connectivity index (χ0n) is 15.5. The summed E-state index contributed by atoms with van der Waals surface area (Å²) in [5.41, 5.74) is 8.92. The summed E-state index contributed by atoms with van der Waals surface area (Å²) in [5.74, 6) is 0.317. The molecule has 0 unspecified atom stereocenters. The van der Waals surface area contributed by atoms with Crippen molar-refractivity contribution in [2.75, 3.05) is 0 Å². The van der Waals surface area contributed by atoms with E-state index >= 15 is 0 Å². The Morgan fingerprint density at radius 1 is 0.655 bits per heavy atom. The van der Waals surface area contributed by atoms with Gasteiger partial charge in [0.05, 0.1) is 4.75 Å². The molecule has 2 bridgehead atoms. The van der Waals surface area contributed by atoms with Crippen LogP contribution in [0.15, 0.2) is 95.2 Å². The molecule has 29 heavy (non-hydrogen) atoms. The quantitative estimate of drug-likeness (QED) is 0.317. The van der Waals surface area contributed by atoms with Gasteiger partial charge in [-0.3, -0.25) is 0 Å². The fourth-order valence-corrected chi connectivity index (χ4v) is 8.58. The van der Waals surface area contributed by atoms with Crippen molar-refractivity contribution >= 4 is 44.9 Å². The number of hydrogen-bond acceptors (Lipinski definition) is 3. The SMILES string of the molecule is C1=C(c2cccs2)SC23C1=C(c1cccs1)C(c1ccccc12)c1ccccc13. The average Bonchev–Trinajstić information content (AvgIpc) is 3.54. The second kappa shape index (κ2) is 5.85. The molecule has 3 heterocycles. The Bertz CT molecular complexity index is 1270. The molecule has 138 valence electrons. The molecule has 0 radical (unpaired) electrons. The van der Waals surface area contributed by atoms with E-state index in [-0.39, 0.29) is 4.75 Å². The predicted octanol–water partition coefficient (Wildman–Crippen LogP) is 7.75. The largest absolute Gasteiger partial charge is 0.144 e. The third-order valence-corrected chi connectivity index (χ3v) is 9.81. The lowest BCUT2D eigenvalue weighted by atomic mass is 9.60. The third kappa shape index (κ3) is 2.01. The van der Waals surface area contributed by atoms with Crippen molar-refractivity contribution in [2.45, 2.75) is 10.7 Å². The van der Waals surface area contributed by atoms with Crippen LogP contribution in [0.2, 0.25) is 0 Å². The molecule has 1 spiro atoms. The smallest absolute Gasteiger partial charge is 0.0964 e. The van der Waals surface area contributed by atoms with Gasteiger partial charge in [0, 0.05) is 20.6 Å². The first kappa shape index (κ1) is 16.5. The summed E-state index contributed by atoms with van der Waals surface area (Å²) in [5, 5.41) is 4.39. The Kier molecular flexibility index (Phi) is 3.32. The molecule has 3 heteroatoms. The third-order valence-electron chi connectivity index (χ3n) is 6.35. The summed E-state index contributed by atoms with van der Waals surface area (Å²) in [6.07, 6.45) is 2.49. The van der Waals surface area contributed by atoms with Crippen LogP contribution in [0.5, 0.6) is 0 Å². The van der Waals surface area contributed by atoms with E-state index in [1.165, 1.54) is 48.1 Å².